The van der Waals surface area contributed by atoms with Gasteiger partial charge in [-0.2, -0.15) is 0 Å². The number of amides is 2. The number of fused-ring (bicyclic) bond motifs is 3. The first-order valence-corrected chi connectivity index (χ1v) is 13.5. The number of nitrogens with zero attached hydrogens (tertiary/aromatic N) is 2. The molecule has 180 valence electrons. The van der Waals surface area contributed by atoms with Crippen molar-refractivity contribution < 1.29 is 9.59 Å². The van der Waals surface area contributed by atoms with Gasteiger partial charge in [0.2, 0.25) is 5.91 Å². The van der Waals surface area contributed by atoms with Crippen LogP contribution < -0.4 is 10.2 Å². The average molecular weight is 478 g/mol. The summed E-state index contributed by atoms with van der Waals surface area (Å²) in [4.78, 5) is 31.1. The van der Waals surface area contributed by atoms with Crippen LogP contribution >= 0.6 is 11.3 Å². The molecule has 2 aliphatic rings. The predicted molar refractivity (Wildman–Crippen MR) is 140 cm³/mol. The summed E-state index contributed by atoms with van der Waals surface area (Å²) in [5.74, 6) is -0.154. The summed E-state index contributed by atoms with van der Waals surface area (Å²) in [5.41, 5.74) is 3.80. The first-order valence-electron chi connectivity index (χ1n) is 12.7. The van der Waals surface area contributed by atoms with Crippen LogP contribution in [0.25, 0.3) is 10.2 Å². The summed E-state index contributed by atoms with van der Waals surface area (Å²) in [5, 5.41) is 3.36. The minimum Gasteiger partial charge on any atom is -0.351 e. The lowest BCUT2D eigenvalue weighted by Crippen LogP contribution is -2.65. The largest absolute Gasteiger partial charge is 0.351 e. The molecule has 1 saturated carbocycles. The van der Waals surface area contributed by atoms with E-state index in [1.54, 1.807) is 16.2 Å². The number of aryl methyl sites for hydroxylation is 3. The van der Waals surface area contributed by atoms with Gasteiger partial charge in [0.15, 0.2) is 0 Å². The second-order valence-corrected chi connectivity index (χ2v) is 11.4. The van der Waals surface area contributed by atoms with Gasteiger partial charge in [-0.25, -0.2) is 0 Å². The van der Waals surface area contributed by atoms with E-state index in [9.17, 15) is 9.59 Å². The zero-order valence-electron chi connectivity index (χ0n) is 20.7. The second-order valence-electron chi connectivity index (χ2n) is 10.3. The molecular formula is C28H35N3O2S. The molecule has 2 aromatic heterocycles. The van der Waals surface area contributed by atoms with Gasteiger partial charge in [-0.1, -0.05) is 38.7 Å². The number of aromatic nitrogens is 1. The first-order chi connectivity index (χ1) is 16.3. The standard InChI is InChI=1S/C28H35N3O2S/c1-5-22-15-23-25(34-22)16-24-26(32)31(21-13-12-18(2)19(3)14-21)28(4,17-30(23)24)27(33)29-20-10-8-6-7-9-11-20/h12-16,20H,5-11,17H2,1-4H3,(H,29,33). The molecule has 1 atom stereocenters. The molecule has 0 saturated heterocycles. The maximum atomic E-state index is 14.0. The number of carbonyl (C=O) groups excluding carboxylic acids is 2. The van der Waals surface area contributed by atoms with Gasteiger partial charge in [0, 0.05) is 16.6 Å². The fourth-order valence-corrected chi connectivity index (χ4v) is 6.58. The van der Waals surface area contributed by atoms with E-state index in [2.05, 4.69) is 36.7 Å². The molecule has 3 heterocycles. The van der Waals surface area contributed by atoms with E-state index >= 15 is 0 Å². The van der Waals surface area contributed by atoms with Crippen molar-refractivity contribution in [1.82, 2.24) is 9.88 Å². The van der Waals surface area contributed by atoms with Crippen LogP contribution in [-0.4, -0.2) is 28.0 Å². The van der Waals surface area contributed by atoms with Crippen molar-refractivity contribution >= 4 is 39.1 Å². The first kappa shape index (κ1) is 23.2. The molecule has 5 rings (SSSR count). The van der Waals surface area contributed by atoms with Crippen LogP contribution in [-0.2, 0) is 17.8 Å². The highest BCUT2D eigenvalue weighted by atomic mass is 32.1. The Bertz CT molecular complexity index is 1250. The zero-order chi connectivity index (χ0) is 24.0. The molecule has 1 aromatic carbocycles. The van der Waals surface area contributed by atoms with Crippen LogP contribution in [0.2, 0.25) is 0 Å². The van der Waals surface area contributed by atoms with Crippen LogP contribution in [0, 0.1) is 13.8 Å². The predicted octanol–water partition coefficient (Wildman–Crippen LogP) is 6.14. The number of rotatable bonds is 4. The van der Waals surface area contributed by atoms with Crippen LogP contribution in [0.15, 0.2) is 30.3 Å². The summed E-state index contributed by atoms with van der Waals surface area (Å²) < 4.78 is 3.20. The fraction of sp³-hybridized carbons (Fsp3) is 0.500. The SMILES string of the molecule is CCc1cc2c(cc3n2CC(C)(C(=O)NC2CCCCCC2)N(c2ccc(C)c(C)c2)C3=O)s1. The number of nitrogens with one attached hydrogen (secondary N) is 1. The third-order valence-corrected chi connectivity index (χ3v) is 9.01. The van der Waals surface area contributed by atoms with Gasteiger partial charge >= 0.3 is 0 Å². The summed E-state index contributed by atoms with van der Waals surface area (Å²) in [6, 6.07) is 10.4. The Labute approximate surface area is 206 Å². The molecule has 0 spiro atoms. The molecule has 0 radical (unpaired) electrons. The van der Waals surface area contributed by atoms with Crippen LogP contribution in [0.1, 0.15) is 78.9 Å². The Morgan fingerprint density at radius 1 is 1.09 bits per heavy atom. The maximum Gasteiger partial charge on any atom is 0.275 e. The van der Waals surface area contributed by atoms with Gasteiger partial charge in [-0.15, -0.1) is 11.3 Å². The lowest BCUT2D eigenvalue weighted by molar-refractivity contribution is -0.127. The molecule has 1 N–H and O–H groups in total. The highest BCUT2D eigenvalue weighted by Gasteiger charge is 2.49. The smallest absolute Gasteiger partial charge is 0.275 e. The van der Waals surface area contributed by atoms with Crippen molar-refractivity contribution in [2.75, 3.05) is 4.90 Å². The maximum absolute atomic E-state index is 14.0. The van der Waals surface area contributed by atoms with Gasteiger partial charge in [0.05, 0.1) is 16.8 Å². The molecule has 1 unspecified atom stereocenters. The van der Waals surface area contributed by atoms with E-state index in [1.165, 1.54) is 23.3 Å². The third kappa shape index (κ3) is 3.86. The van der Waals surface area contributed by atoms with Crippen molar-refractivity contribution in [2.45, 2.75) is 90.8 Å². The number of hydrogen-bond donors (Lipinski definition) is 1. The van der Waals surface area contributed by atoms with E-state index < -0.39 is 5.54 Å². The highest BCUT2D eigenvalue weighted by Crippen LogP contribution is 2.39. The summed E-state index contributed by atoms with van der Waals surface area (Å²) in [6.07, 6.45) is 7.78. The molecule has 1 aliphatic heterocycles. The summed E-state index contributed by atoms with van der Waals surface area (Å²) >= 11 is 1.74. The number of benzene rings is 1. The normalized spacial score (nSPS) is 21.5. The van der Waals surface area contributed by atoms with Gasteiger partial charge in [-0.05, 0) is 75.4 Å². The topological polar surface area (TPSA) is 54.3 Å². The van der Waals surface area contributed by atoms with Crippen LogP contribution in [0.3, 0.4) is 0 Å². The summed E-state index contributed by atoms with van der Waals surface area (Å²) in [6.45, 7) is 8.66. The number of carbonyl (C=O) groups is 2. The van der Waals surface area contributed by atoms with Gasteiger partial charge in [0.1, 0.15) is 11.2 Å². The molecule has 1 aliphatic carbocycles. The number of thiophene rings is 1. The Kier molecular flexibility index (Phi) is 6.05. The minimum absolute atomic E-state index is 0.0515. The van der Waals surface area contributed by atoms with Crippen molar-refractivity contribution in [3.05, 3.63) is 52.0 Å². The van der Waals surface area contributed by atoms with Crippen molar-refractivity contribution in [2.24, 2.45) is 0 Å². The van der Waals surface area contributed by atoms with Gasteiger partial charge < -0.3 is 9.88 Å². The molecule has 1 fully saturated rings. The molecular weight excluding hydrogens is 442 g/mol. The summed E-state index contributed by atoms with van der Waals surface area (Å²) in [7, 11) is 0. The third-order valence-electron chi connectivity index (χ3n) is 7.80. The highest BCUT2D eigenvalue weighted by molar-refractivity contribution is 7.19. The monoisotopic (exact) mass is 477 g/mol. The van der Waals surface area contributed by atoms with E-state index in [0.29, 0.717) is 12.2 Å². The molecule has 6 heteroatoms. The van der Waals surface area contributed by atoms with E-state index in [1.807, 2.05) is 31.2 Å². The Hall–Kier alpha value is -2.60. The van der Waals surface area contributed by atoms with Crippen LogP contribution in [0.5, 0.6) is 0 Å². The van der Waals surface area contributed by atoms with Gasteiger partial charge in [0.25, 0.3) is 5.91 Å². The van der Waals surface area contributed by atoms with Crippen LogP contribution in [0.4, 0.5) is 5.69 Å². The van der Waals surface area contributed by atoms with Crippen molar-refractivity contribution in [3.63, 3.8) is 0 Å². The fourth-order valence-electron chi connectivity index (χ4n) is 5.54. The quantitative estimate of drug-likeness (QED) is 0.459. The average Bonchev–Trinajstić information content (AvgIpc) is 3.25. The minimum atomic E-state index is -1.02. The van der Waals surface area contributed by atoms with E-state index in [-0.39, 0.29) is 17.9 Å². The Balaban J connectivity index is 1.60. The zero-order valence-corrected chi connectivity index (χ0v) is 21.6. The molecule has 3 aromatic rings. The lowest BCUT2D eigenvalue weighted by Gasteiger charge is -2.44. The number of anilines is 1. The second kappa shape index (κ2) is 8.88. The van der Waals surface area contributed by atoms with E-state index in [0.717, 1.165) is 53.6 Å². The molecule has 2 amide bonds. The number of hydrogen-bond acceptors (Lipinski definition) is 3. The molecule has 34 heavy (non-hydrogen) atoms. The molecule has 0 bridgehead atoms. The Morgan fingerprint density at radius 3 is 2.50 bits per heavy atom. The van der Waals surface area contributed by atoms with Crippen molar-refractivity contribution in [3.8, 4) is 0 Å². The van der Waals surface area contributed by atoms with Gasteiger partial charge in [-0.3, -0.25) is 14.5 Å². The molecule has 5 nitrogen and oxygen atoms in total. The lowest BCUT2D eigenvalue weighted by atomic mass is 9.92. The Morgan fingerprint density at radius 2 is 1.82 bits per heavy atom. The van der Waals surface area contributed by atoms with E-state index in [4.69, 9.17) is 0 Å². The van der Waals surface area contributed by atoms with Crippen molar-refractivity contribution in [1.29, 1.82) is 0 Å².